The summed E-state index contributed by atoms with van der Waals surface area (Å²) in [5.41, 5.74) is 2.36. The van der Waals surface area contributed by atoms with Gasteiger partial charge in [-0.2, -0.15) is 5.26 Å². The molecule has 0 bridgehead atoms. The zero-order chi connectivity index (χ0) is 27.1. The summed E-state index contributed by atoms with van der Waals surface area (Å²) < 4.78 is 29.9. The number of methoxy groups -OCH3 is 2. The minimum Gasteiger partial charge on any atom is -0.497 e. The summed E-state index contributed by atoms with van der Waals surface area (Å²) in [6.07, 6.45) is 0.878. The van der Waals surface area contributed by atoms with Crippen molar-refractivity contribution in [3.8, 4) is 17.6 Å². The summed E-state index contributed by atoms with van der Waals surface area (Å²) in [6.45, 7) is -0.172. The lowest BCUT2D eigenvalue weighted by molar-refractivity contribution is -0.148. The van der Waals surface area contributed by atoms with Gasteiger partial charge in [-0.3, -0.25) is 4.79 Å². The van der Waals surface area contributed by atoms with Crippen LogP contribution in [0.25, 0.3) is 0 Å². The molecule has 1 heterocycles. The number of nitrogens with one attached hydrogen (secondary N) is 1. The number of rotatable bonds is 9. The van der Waals surface area contributed by atoms with Crippen LogP contribution in [0.4, 0.5) is 9.18 Å². The van der Waals surface area contributed by atoms with E-state index >= 15 is 0 Å². The lowest BCUT2D eigenvalue weighted by Crippen LogP contribution is -2.45. The number of ether oxygens (including phenoxy) is 3. The molecule has 8 nitrogen and oxygen atoms in total. The van der Waals surface area contributed by atoms with Crippen LogP contribution in [-0.2, 0) is 22.6 Å². The molecule has 0 spiro atoms. The van der Waals surface area contributed by atoms with Gasteiger partial charge in [-0.25, -0.2) is 14.2 Å². The molecule has 0 saturated carbocycles. The van der Waals surface area contributed by atoms with E-state index in [1.807, 2.05) is 24.3 Å². The summed E-state index contributed by atoms with van der Waals surface area (Å²) in [5.74, 6) is -0.865. The molecule has 0 radical (unpaired) electrons. The molecule has 2 atom stereocenters. The monoisotopic (exact) mass is 515 g/mol. The van der Waals surface area contributed by atoms with Crippen molar-refractivity contribution in [1.29, 1.82) is 5.26 Å². The first-order valence-corrected chi connectivity index (χ1v) is 11.9. The summed E-state index contributed by atoms with van der Waals surface area (Å²) in [6, 6.07) is 19.0. The quantitative estimate of drug-likeness (QED) is 0.406. The fourth-order valence-corrected chi connectivity index (χ4v) is 4.29. The molecule has 9 heteroatoms. The van der Waals surface area contributed by atoms with Gasteiger partial charge in [0.1, 0.15) is 35.9 Å². The number of esters is 1. The second kappa shape index (κ2) is 12.0. The zero-order valence-electron chi connectivity index (χ0n) is 20.9. The van der Waals surface area contributed by atoms with Gasteiger partial charge >= 0.3 is 12.0 Å². The molecule has 3 aromatic rings. The highest BCUT2D eigenvalue weighted by atomic mass is 19.1. The van der Waals surface area contributed by atoms with E-state index in [2.05, 4.69) is 10.3 Å². The number of aliphatic imine (C=N–C) groups is 1. The molecule has 2 amide bonds. The summed E-state index contributed by atoms with van der Waals surface area (Å²) >= 11 is 0. The minimum absolute atomic E-state index is 0.139. The predicted molar refractivity (Wildman–Crippen MR) is 137 cm³/mol. The van der Waals surface area contributed by atoms with Gasteiger partial charge in [-0.1, -0.05) is 30.3 Å². The number of benzene rings is 3. The SMILES string of the molecule is COc1ccc(CCC2=NC(=O)NC(c3cccc(OC)c3)C2C(=O)OCc2ccc(F)c(C#N)c2)cc1. The highest BCUT2D eigenvalue weighted by Crippen LogP contribution is 2.32. The lowest BCUT2D eigenvalue weighted by Gasteiger charge is -2.31. The Labute approximate surface area is 219 Å². The first-order chi connectivity index (χ1) is 18.4. The molecule has 0 saturated heterocycles. The molecular formula is C29H26FN3O5. The standard InChI is InChI=1S/C29H26FN3O5/c1-36-22-10-6-18(7-11-22)9-13-25-26(28(34)38-17-19-8-12-24(30)21(14-19)16-31)27(33-29(35)32-25)20-4-3-5-23(15-20)37-2/h3-8,10-12,14-15,26-27H,9,13,17H2,1-2H3,(H,33,35). The molecule has 194 valence electrons. The van der Waals surface area contributed by atoms with Crippen LogP contribution >= 0.6 is 0 Å². The van der Waals surface area contributed by atoms with E-state index in [0.717, 1.165) is 17.4 Å². The normalized spacial score (nSPS) is 16.6. The van der Waals surface area contributed by atoms with Crippen LogP contribution in [0.1, 0.15) is 34.7 Å². The number of urea groups is 1. The highest BCUT2D eigenvalue weighted by Gasteiger charge is 2.39. The molecule has 0 aromatic heterocycles. The van der Waals surface area contributed by atoms with Crippen molar-refractivity contribution in [1.82, 2.24) is 5.32 Å². The number of halogens is 1. The second-order valence-electron chi connectivity index (χ2n) is 8.67. The van der Waals surface area contributed by atoms with Gasteiger partial charge in [0.25, 0.3) is 0 Å². The van der Waals surface area contributed by atoms with Crippen molar-refractivity contribution in [2.45, 2.75) is 25.5 Å². The second-order valence-corrected chi connectivity index (χ2v) is 8.67. The molecule has 1 aliphatic heterocycles. The maximum Gasteiger partial charge on any atom is 0.341 e. The van der Waals surface area contributed by atoms with Crippen LogP contribution in [0.2, 0.25) is 0 Å². The molecule has 0 aliphatic carbocycles. The van der Waals surface area contributed by atoms with Gasteiger partial charge < -0.3 is 19.5 Å². The smallest absolute Gasteiger partial charge is 0.341 e. The van der Waals surface area contributed by atoms with Crippen molar-refractivity contribution in [2.24, 2.45) is 10.9 Å². The molecule has 38 heavy (non-hydrogen) atoms. The van der Waals surface area contributed by atoms with Gasteiger partial charge in [0.15, 0.2) is 0 Å². The van der Waals surface area contributed by atoms with Crippen LogP contribution in [0.15, 0.2) is 71.7 Å². The number of hydrogen-bond acceptors (Lipinski definition) is 6. The molecule has 4 rings (SSSR count). The van der Waals surface area contributed by atoms with Gasteiger partial charge in [0, 0.05) is 5.71 Å². The molecule has 0 fully saturated rings. The Morgan fingerprint density at radius 3 is 2.45 bits per heavy atom. The maximum atomic E-state index is 13.7. The largest absolute Gasteiger partial charge is 0.497 e. The van der Waals surface area contributed by atoms with Crippen LogP contribution < -0.4 is 14.8 Å². The van der Waals surface area contributed by atoms with E-state index in [-0.39, 0.29) is 12.2 Å². The molecule has 2 unspecified atom stereocenters. The van der Waals surface area contributed by atoms with E-state index < -0.39 is 29.8 Å². The molecule has 1 N–H and O–H groups in total. The van der Waals surface area contributed by atoms with Crippen LogP contribution in [0.3, 0.4) is 0 Å². The Kier molecular flexibility index (Phi) is 8.34. The van der Waals surface area contributed by atoms with Crippen LogP contribution in [0.5, 0.6) is 11.5 Å². The lowest BCUT2D eigenvalue weighted by atomic mass is 9.85. The minimum atomic E-state index is -0.908. The Morgan fingerprint density at radius 2 is 1.74 bits per heavy atom. The van der Waals surface area contributed by atoms with Crippen molar-refractivity contribution in [3.63, 3.8) is 0 Å². The number of nitriles is 1. The van der Waals surface area contributed by atoms with E-state index in [0.29, 0.717) is 35.4 Å². The van der Waals surface area contributed by atoms with Gasteiger partial charge in [-0.15, -0.1) is 0 Å². The summed E-state index contributed by atoms with van der Waals surface area (Å²) in [5, 5.41) is 11.9. The first kappa shape index (κ1) is 26.4. The van der Waals surface area contributed by atoms with Crippen molar-refractivity contribution >= 4 is 17.7 Å². The van der Waals surface area contributed by atoms with Crippen molar-refractivity contribution in [3.05, 3.63) is 94.8 Å². The predicted octanol–water partition coefficient (Wildman–Crippen LogP) is 4.91. The highest BCUT2D eigenvalue weighted by molar-refractivity contribution is 6.09. The number of aryl methyl sites for hydroxylation is 1. The van der Waals surface area contributed by atoms with Crippen molar-refractivity contribution < 1.29 is 28.2 Å². The Balaban J connectivity index is 1.61. The van der Waals surface area contributed by atoms with E-state index in [1.54, 1.807) is 37.4 Å². The summed E-state index contributed by atoms with van der Waals surface area (Å²) in [4.78, 5) is 30.3. The third-order valence-corrected chi connectivity index (χ3v) is 6.28. The van der Waals surface area contributed by atoms with E-state index in [1.165, 1.54) is 19.2 Å². The third kappa shape index (κ3) is 6.16. The van der Waals surface area contributed by atoms with Crippen LogP contribution in [0, 0.1) is 23.1 Å². The first-order valence-electron chi connectivity index (χ1n) is 11.9. The molecule has 3 aromatic carbocycles. The number of hydrogen-bond donors (Lipinski definition) is 1. The average molecular weight is 516 g/mol. The molecule has 1 aliphatic rings. The molecular weight excluding hydrogens is 489 g/mol. The number of carbonyl (C=O) groups is 2. The Hall–Kier alpha value is -4.71. The van der Waals surface area contributed by atoms with Gasteiger partial charge in [0.05, 0.1) is 25.8 Å². The third-order valence-electron chi connectivity index (χ3n) is 6.28. The topological polar surface area (TPSA) is 110 Å². The maximum absolute atomic E-state index is 13.7. The number of amides is 2. The average Bonchev–Trinajstić information content (AvgIpc) is 2.95. The van der Waals surface area contributed by atoms with E-state index in [9.17, 15) is 14.0 Å². The fraction of sp³-hybridized carbons (Fsp3) is 0.241. The van der Waals surface area contributed by atoms with E-state index in [4.69, 9.17) is 19.5 Å². The summed E-state index contributed by atoms with van der Waals surface area (Å²) in [7, 11) is 3.12. The van der Waals surface area contributed by atoms with Crippen molar-refractivity contribution in [2.75, 3.05) is 14.2 Å². The fourth-order valence-electron chi connectivity index (χ4n) is 4.29. The van der Waals surface area contributed by atoms with Crippen LogP contribution in [-0.4, -0.2) is 31.9 Å². The zero-order valence-corrected chi connectivity index (χ0v) is 20.9. The number of carbonyl (C=O) groups excluding carboxylic acids is 2. The van der Waals surface area contributed by atoms with Gasteiger partial charge in [-0.05, 0) is 65.9 Å². The van der Waals surface area contributed by atoms with Gasteiger partial charge in [0.2, 0.25) is 0 Å². The Bertz CT molecular complexity index is 1400. The Morgan fingerprint density at radius 1 is 1.00 bits per heavy atom. The number of nitrogens with zero attached hydrogens (tertiary/aromatic N) is 2.